The molecule has 0 aromatic carbocycles. The number of nitrogens with zero attached hydrogens (tertiary/aromatic N) is 3. The van der Waals surface area contributed by atoms with E-state index in [9.17, 15) is 0 Å². The fourth-order valence-corrected chi connectivity index (χ4v) is 1.09. The lowest BCUT2D eigenvalue weighted by molar-refractivity contribution is 0.00195. The number of oxime groups is 1. The van der Waals surface area contributed by atoms with Crippen LogP contribution in [0, 0.1) is 20.8 Å². The predicted molar refractivity (Wildman–Crippen MR) is 64.7 cm³/mol. The lowest BCUT2D eigenvalue weighted by Gasteiger charge is -2.14. The molecule has 1 rings (SSSR count). The summed E-state index contributed by atoms with van der Waals surface area (Å²) in [5, 5.41) is 3.92. The third-order valence-electron chi connectivity index (χ3n) is 2.02. The molecule has 0 unspecified atom stereocenters. The van der Waals surface area contributed by atoms with Crippen molar-refractivity contribution in [1.82, 2.24) is 9.97 Å². The Kier molecular flexibility index (Phi) is 3.62. The highest BCUT2D eigenvalue weighted by Crippen LogP contribution is 2.08. The second-order valence-corrected chi connectivity index (χ2v) is 4.80. The number of aryl methyl sites for hydroxylation is 3. The highest BCUT2D eigenvalue weighted by atomic mass is 16.6. The predicted octanol–water partition coefficient (Wildman–Crippen LogP) is 2.55. The summed E-state index contributed by atoms with van der Waals surface area (Å²) >= 11 is 0. The SMILES string of the molecule is Cc1nc(C)c(C=NOC(C)(C)C)nc1C. The number of rotatable bonds is 2. The van der Waals surface area contributed by atoms with E-state index in [0.29, 0.717) is 0 Å². The standard InChI is InChI=1S/C12H19N3O/c1-8-9(2)15-11(10(3)14-8)7-13-16-12(4,5)6/h7H,1-6H3. The monoisotopic (exact) mass is 221 g/mol. The molecule has 4 nitrogen and oxygen atoms in total. The summed E-state index contributed by atoms with van der Waals surface area (Å²) in [6.45, 7) is 11.6. The lowest BCUT2D eigenvalue weighted by Crippen LogP contribution is -2.15. The van der Waals surface area contributed by atoms with Crippen molar-refractivity contribution in [3.8, 4) is 0 Å². The fraction of sp³-hybridized carbons (Fsp3) is 0.583. The molecule has 0 spiro atoms. The van der Waals surface area contributed by atoms with Gasteiger partial charge in [-0.25, -0.2) is 4.98 Å². The van der Waals surface area contributed by atoms with Crippen LogP contribution in [0.15, 0.2) is 5.16 Å². The van der Waals surface area contributed by atoms with Crippen LogP contribution >= 0.6 is 0 Å². The number of hydrogen-bond acceptors (Lipinski definition) is 4. The van der Waals surface area contributed by atoms with E-state index in [1.165, 1.54) is 0 Å². The minimum absolute atomic E-state index is 0.280. The van der Waals surface area contributed by atoms with Gasteiger partial charge < -0.3 is 4.84 Å². The van der Waals surface area contributed by atoms with Gasteiger partial charge in [-0.2, -0.15) is 0 Å². The third kappa shape index (κ3) is 3.61. The lowest BCUT2D eigenvalue weighted by atomic mass is 10.2. The maximum Gasteiger partial charge on any atom is 0.129 e. The van der Waals surface area contributed by atoms with Crippen LogP contribution in [0.25, 0.3) is 0 Å². The molecular weight excluding hydrogens is 202 g/mol. The molecule has 0 N–H and O–H groups in total. The van der Waals surface area contributed by atoms with Crippen LogP contribution in [0.1, 0.15) is 43.5 Å². The maximum atomic E-state index is 5.26. The number of hydrogen-bond donors (Lipinski definition) is 0. The van der Waals surface area contributed by atoms with Crippen molar-refractivity contribution in [2.24, 2.45) is 5.16 Å². The molecule has 0 aliphatic rings. The van der Waals surface area contributed by atoms with Crippen molar-refractivity contribution in [2.75, 3.05) is 0 Å². The Hall–Kier alpha value is -1.45. The van der Waals surface area contributed by atoms with Gasteiger partial charge in [-0.3, -0.25) is 4.98 Å². The van der Waals surface area contributed by atoms with Crippen molar-refractivity contribution in [3.05, 3.63) is 22.8 Å². The normalized spacial score (nSPS) is 12.1. The van der Waals surface area contributed by atoms with E-state index in [1.807, 2.05) is 41.5 Å². The molecule has 88 valence electrons. The highest BCUT2D eigenvalue weighted by Gasteiger charge is 2.10. The van der Waals surface area contributed by atoms with E-state index in [0.717, 1.165) is 22.8 Å². The summed E-state index contributed by atoms with van der Waals surface area (Å²) in [6.07, 6.45) is 1.61. The molecule has 0 saturated carbocycles. The Bertz CT molecular complexity index is 405. The Labute approximate surface area is 96.8 Å². The molecule has 1 heterocycles. The molecule has 0 fully saturated rings. The summed E-state index contributed by atoms with van der Waals surface area (Å²) in [5.41, 5.74) is 3.21. The largest absolute Gasteiger partial charge is 0.390 e. The zero-order valence-electron chi connectivity index (χ0n) is 10.8. The van der Waals surface area contributed by atoms with Gasteiger partial charge >= 0.3 is 0 Å². The number of aromatic nitrogens is 2. The van der Waals surface area contributed by atoms with E-state index in [1.54, 1.807) is 6.21 Å². The molecule has 1 aromatic rings. The van der Waals surface area contributed by atoms with Gasteiger partial charge in [0, 0.05) is 0 Å². The quantitative estimate of drug-likeness (QED) is 0.569. The summed E-state index contributed by atoms with van der Waals surface area (Å²) in [6, 6.07) is 0. The van der Waals surface area contributed by atoms with Crippen LogP contribution in [0.3, 0.4) is 0 Å². The molecule has 16 heavy (non-hydrogen) atoms. The molecule has 0 amide bonds. The molecule has 0 aliphatic carbocycles. The molecule has 1 aromatic heterocycles. The minimum atomic E-state index is -0.280. The average molecular weight is 221 g/mol. The van der Waals surface area contributed by atoms with E-state index in [2.05, 4.69) is 15.1 Å². The maximum absolute atomic E-state index is 5.26. The van der Waals surface area contributed by atoms with Crippen LogP contribution in [0.4, 0.5) is 0 Å². The first-order valence-corrected chi connectivity index (χ1v) is 5.33. The second-order valence-electron chi connectivity index (χ2n) is 4.80. The van der Waals surface area contributed by atoms with E-state index >= 15 is 0 Å². The van der Waals surface area contributed by atoms with Crippen molar-refractivity contribution >= 4 is 6.21 Å². The van der Waals surface area contributed by atoms with Gasteiger partial charge in [-0.1, -0.05) is 5.16 Å². The van der Waals surface area contributed by atoms with Gasteiger partial charge in [-0.15, -0.1) is 0 Å². The Morgan fingerprint density at radius 2 is 1.56 bits per heavy atom. The second kappa shape index (κ2) is 4.60. The molecule has 0 aliphatic heterocycles. The van der Waals surface area contributed by atoms with Gasteiger partial charge in [0.15, 0.2) is 0 Å². The van der Waals surface area contributed by atoms with E-state index in [-0.39, 0.29) is 5.60 Å². The Balaban J connectivity index is 2.86. The first kappa shape index (κ1) is 12.6. The van der Waals surface area contributed by atoms with E-state index in [4.69, 9.17) is 4.84 Å². The van der Waals surface area contributed by atoms with E-state index < -0.39 is 0 Å². The summed E-state index contributed by atoms with van der Waals surface area (Å²) in [5.74, 6) is 0. The molecular formula is C12H19N3O. The molecule has 0 atom stereocenters. The molecule has 0 saturated heterocycles. The van der Waals surface area contributed by atoms with Gasteiger partial charge in [0.05, 0.1) is 23.3 Å². The van der Waals surface area contributed by atoms with Crippen molar-refractivity contribution in [2.45, 2.75) is 47.1 Å². The Morgan fingerprint density at radius 1 is 1.00 bits per heavy atom. The molecule has 4 heteroatoms. The average Bonchev–Trinajstić information content (AvgIpc) is 2.11. The molecule has 0 radical (unpaired) electrons. The summed E-state index contributed by atoms with van der Waals surface area (Å²) in [7, 11) is 0. The van der Waals surface area contributed by atoms with Crippen LogP contribution < -0.4 is 0 Å². The summed E-state index contributed by atoms with van der Waals surface area (Å²) in [4.78, 5) is 14.0. The first-order chi connectivity index (χ1) is 7.29. The molecule has 0 bridgehead atoms. The van der Waals surface area contributed by atoms with Crippen LogP contribution in [-0.4, -0.2) is 21.8 Å². The third-order valence-corrected chi connectivity index (χ3v) is 2.02. The smallest absolute Gasteiger partial charge is 0.129 e. The summed E-state index contributed by atoms with van der Waals surface area (Å²) < 4.78 is 0. The zero-order valence-corrected chi connectivity index (χ0v) is 10.8. The minimum Gasteiger partial charge on any atom is -0.390 e. The van der Waals surface area contributed by atoms with Gasteiger partial charge in [0.25, 0.3) is 0 Å². The van der Waals surface area contributed by atoms with Crippen molar-refractivity contribution < 1.29 is 4.84 Å². The Morgan fingerprint density at radius 3 is 2.12 bits per heavy atom. The first-order valence-electron chi connectivity index (χ1n) is 5.33. The van der Waals surface area contributed by atoms with Crippen molar-refractivity contribution in [3.63, 3.8) is 0 Å². The van der Waals surface area contributed by atoms with Crippen LogP contribution in [-0.2, 0) is 4.84 Å². The van der Waals surface area contributed by atoms with Crippen LogP contribution in [0.2, 0.25) is 0 Å². The van der Waals surface area contributed by atoms with Gasteiger partial charge in [-0.05, 0) is 41.5 Å². The zero-order chi connectivity index (χ0) is 12.3. The van der Waals surface area contributed by atoms with Gasteiger partial charge in [0.1, 0.15) is 11.3 Å². The fourth-order valence-electron chi connectivity index (χ4n) is 1.09. The topological polar surface area (TPSA) is 47.4 Å². The highest BCUT2D eigenvalue weighted by molar-refractivity contribution is 5.77. The van der Waals surface area contributed by atoms with Gasteiger partial charge in [0.2, 0.25) is 0 Å². The van der Waals surface area contributed by atoms with Crippen LogP contribution in [0.5, 0.6) is 0 Å². The van der Waals surface area contributed by atoms with Crippen molar-refractivity contribution in [1.29, 1.82) is 0 Å².